The SMILES string of the molecule is N#Cc1c(C(=O)N2CCN(C3CCC3)C(=O)C2)nc2c(C(F)(F)F)cc(C3CC3)cn12. The molecule has 0 atom stereocenters. The van der Waals surface area contributed by atoms with Crippen molar-refractivity contribution in [3.63, 3.8) is 0 Å². The van der Waals surface area contributed by atoms with Crippen molar-refractivity contribution in [2.24, 2.45) is 0 Å². The number of nitrogens with zero attached hydrogens (tertiary/aromatic N) is 5. The zero-order valence-electron chi connectivity index (χ0n) is 16.7. The summed E-state index contributed by atoms with van der Waals surface area (Å²) in [4.78, 5) is 32.6. The Bertz CT molecular complexity index is 1120. The third-order valence-electron chi connectivity index (χ3n) is 6.46. The quantitative estimate of drug-likeness (QED) is 0.748. The van der Waals surface area contributed by atoms with Gasteiger partial charge in [-0.25, -0.2) is 4.98 Å². The Hall–Kier alpha value is -3.09. The van der Waals surface area contributed by atoms with Gasteiger partial charge in [0.05, 0.1) is 5.56 Å². The predicted octanol–water partition coefficient (Wildman–Crippen LogP) is 2.94. The Labute approximate surface area is 176 Å². The average Bonchev–Trinajstić information content (AvgIpc) is 3.46. The van der Waals surface area contributed by atoms with E-state index in [2.05, 4.69) is 4.98 Å². The van der Waals surface area contributed by atoms with Gasteiger partial charge >= 0.3 is 6.18 Å². The number of hydrogen-bond acceptors (Lipinski definition) is 4. The molecule has 1 aliphatic heterocycles. The van der Waals surface area contributed by atoms with Crippen LogP contribution in [0.2, 0.25) is 0 Å². The van der Waals surface area contributed by atoms with Gasteiger partial charge in [-0.2, -0.15) is 18.4 Å². The first-order valence-electron chi connectivity index (χ1n) is 10.4. The van der Waals surface area contributed by atoms with E-state index in [-0.39, 0.29) is 42.3 Å². The minimum absolute atomic E-state index is 0.0239. The number of imidazole rings is 1. The third kappa shape index (κ3) is 3.32. The lowest BCUT2D eigenvalue weighted by atomic mass is 9.91. The smallest absolute Gasteiger partial charge is 0.336 e. The van der Waals surface area contributed by atoms with Crippen molar-refractivity contribution >= 4 is 17.5 Å². The summed E-state index contributed by atoms with van der Waals surface area (Å²) in [6, 6.07) is 3.13. The number of nitriles is 1. The first-order valence-corrected chi connectivity index (χ1v) is 10.4. The zero-order valence-corrected chi connectivity index (χ0v) is 16.7. The number of aromatic nitrogens is 2. The van der Waals surface area contributed by atoms with Gasteiger partial charge in [0.25, 0.3) is 5.91 Å². The van der Waals surface area contributed by atoms with Crippen LogP contribution in [-0.2, 0) is 11.0 Å². The molecule has 0 aromatic carbocycles. The summed E-state index contributed by atoms with van der Waals surface area (Å²) in [7, 11) is 0. The highest BCUT2D eigenvalue weighted by molar-refractivity contribution is 5.98. The van der Waals surface area contributed by atoms with E-state index >= 15 is 0 Å². The fourth-order valence-corrected chi connectivity index (χ4v) is 4.36. The van der Waals surface area contributed by atoms with Gasteiger partial charge in [0, 0.05) is 25.3 Å². The van der Waals surface area contributed by atoms with Gasteiger partial charge in [0.2, 0.25) is 5.91 Å². The number of fused-ring (bicyclic) bond motifs is 1. The number of pyridine rings is 1. The van der Waals surface area contributed by atoms with Crippen LogP contribution in [0.5, 0.6) is 0 Å². The number of alkyl halides is 3. The molecule has 3 fully saturated rings. The van der Waals surface area contributed by atoms with Crippen LogP contribution in [0.25, 0.3) is 5.65 Å². The lowest BCUT2D eigenvalue weighted by Gasteiger charge is -2.42. The van der Waals surface area contributed by atoms with Crippen molar-refractivity contribution in [3.05, 3.63) is 34.8 Å². The Morgan fingerprint density at radius 3 is 2.48 bits per heavy atom. The molecule has 3 heterocycles. The normalized spacial score (nSPS) is 20.1. The maximum absolute atomic E-state index is 13.7. The molecule has 2 aromatic heterocycles. The van der Waals surface area contributed by atoms with Crippen molar-refractivity contribution in [1.29, 1.82) is 5.26 Å². The fourth-order valence-electron chi connectivity index (χ4n) is 4.36. The van der Waals surface area contributed by atoms with E-state index in [4.69, 9.17) is 0 Å². The van der Waals surface area contributed by atoms with Crippen molar-refractivity contribution in [2.75, 3.05) is 19.6 Å². The lowest BCUT2D eigenvalue weighted by Crippen LogP contribution is -2.56. The number of piperazine rings is 1. The molecule has 2 amide bonds. The van der Waals surface area contributed by atoms with Crippen molar-refractivity contribution < 1.29 is 22.8 Å². The molecule has 10 heteroatoms. The van der Waals surface area contributed by atoms with Crippen LogP contribution in [0.4, 0.5) is 13.2 Å². The van der Waals surface area contributed by atoms with E-state index < -0.39 is 23.3 Å². The molecule has 5 rings (SSSR count). The highest BCUT2D eigenvalue weighted by Gasteiger charge is 2.39. The predicted molar refractivity (Wildman–Crippen MR) is 102 cm³/mol. The summed E-state index contributed by atoms with van der Waals surface area (Å²) in [6.45, 7) is 0.483. The number of amides is 2. The van der Waals surface area contributed by atoms with Gasteiger partial charge in [-0.3, -0.25) is 14.0 Å². The van der Waals surface area contributed by atoms with Crippen LogP contribution < -0.4 is 0 Å². The van der Waals surface area contributed by atoms with Crippen LogP contribution in [0, 0.1) is 11.3 Å². The van der Waals surface area contributed by atoms with Crippen molar-refractivity contribution in [2.45, 2.75) is 50.2 Å². The Balaban J connectivity index is 1.52. The molecule has 7 nitrogen and oxygen atoms in total. The Morgan fingerprint density at radius 2 is 1.94 bits per heavy atom. The van der Waals surface area contributed by atoms with Crippen LogP contribution in [0.1, 0.15) is 65.3 Å². The second kappa shape index (κ2) is 6.97. The van der Waals surface area contributed by atoms with E-state index in [1.54, 1.807) is 4.90 Å². The van der Waals surface area contributed by atoms with Gasteiger partial charge in [-0.1, -0.05) is 0 Å². The molecular weight excluding hydrogens is 411 g/mol. The zero-order chi connectivity index (χ0) is 21.9. The Kier molecular flexibility index (Phi) is 4.46. The minimum Gasteiger partial charge on any atom is -0.336 e. The van der Waals surface area contributed by atoms with E-state index in [9.17, 15) is 28.0 Å². The van der Waals surface area contributed by atoms with Crippen LogP contribution >= 0.6 is 0 Å². The van der Waals surface area contributed by atoms with E-state index in [0.717, 1.165) is 42.6 Å². The molecule has 3 aliphatic rings. The molecule has 0 unspecified atom stereocenters. The maximum Gasteiger partial charge on any atom is 0.419 e. The molecular formula is C21H20F3N5O2. The van der Waals surface area contributed by atoms with Gasteiger partial charge in [-0.15, -0.1) is 0 Å². The van der Waals surface area contributed by atoms with E-state index in [1.807, 2.05) is 6.07 Å². The van der Waals surface area contributed by atoms with Crippen molar-refractivity contribution in [3.8, 4) is 6.07 Å². The molecule has 162 valence electrons. The molecule has 2 saturated carbocycles. The third-order valence-corrected chi connectivity index (χ3v) is 6.46. The molecule has 0 N–H and O–H groups in total. The number of halogens is 3. The summed E-state index contributed by atoms with van der Waals surface area (Å²) < 4.78 is 42.2. The number of rotatable bonds is 3. The van der Waals surface area contributed by atoms with Crippen LogP contribution in [0.15, 0.2) is 12.3 Å². The summed E-state index contributed by atoms with van der Waals surface area (Å²) in [5, 5.41) is 9.66. The molecule has 0 spiro atoms. The average molecular weight is 431 g/mol. The lowest BCUT2D eigenvalue weighted by molar-refractivity contribution is -0.139. The summed E-state index contributed by atoms with van der Waals surface area (Å²) >= 11 is 0. The first-order chi connectivity index (χ1) is 14.8. The molecule has 0 radical (unpaired) electrons. The van der Waals surface area contributed by atoms with Crippen LogP contribution in [0.3, 0.4) is 0 Å². The minimum atomic E-state index is -4.67. The summed E-state index contributed by atoms with van der Waals surface area (Å²) in [5.41, 5.74) is -1.51. The largest absolute Gasteiger partial charge is 0.419 e. The monoisotopic (exact) mass is 431 g/mol. The van der Waals surface area contributed by atoms with Crippen LogP contribution in [-0.4, -0.2) is 56.7 Å². The molecule has 1 saturated heterocycles. The highest BCUT2D eigenvalue weighted by atomic mass is 19.4. The second-order valence-electron chi connectivity index (χ2n) is 8.47. The van der Waals surface area contributed by atoms with E-state index in [1.165, 1.54) is 11.1 Å². The summed E-state index contributed by atoms with van der Waals surface area (Å²) in [6.07, 6.45) is 1.37. The van der Waals surface area contributed by atoms with Gasteiger partial charge < -0.3 is 9.80 Å². The molecule has 2 aromatic rings. The fraction of sp³-hybridized carbons (Fsp3) is 0.524. The van der Waals surface area contributed by atoms with E-state index in [0.29, 0.717) is 12.1 Å². The molecule has 31 heavy (non-hydrogen) atoms. The highest BCUT2D eigenvalue weighted by Crippen LogP contribution is 2.43. The molecule has 0 bridgehead atoms. The van der Waals surface area contributed by atoms with Gasteiger partial charge in [0.15, 0.2) is 17.0 Å². The topological polar surface area (TPSA) is 81.7 Å². The van der Waals surface area contributed by atoms with Gasteiger partial charge in [0.1, 0.15) is 12.6 Å². The molecule has 2 aliphatic carbocycles. The standard InChI is InChI=1S/C21H20F3N5O2/c22-21(23,24)15-8-13(12-4-5-12)10-29-16(9-25)18(26-19(15)29)20(31)27-6-7-28(17(30)11-27)14-2-1-3-14/h8,10,12,14H,1-7,11H2. The van der Waals surface area contributed by atoms with Crippen molar-refractivity contribution in [1.82, 2.24) is 19.2 Å². The second-order valence-corrected chi connectivity index (χ2v) is 8.47. The Morgan fingerprint density at radius 1 is 1.19 bits per heavy atom. The van der Waals surface area contributed by atoms with Gasteiger partial charge in [-0.05, 0) is 49.7 Å². The number of carbonyl (C=O) groups excluding carboxylic acids is 2. The number of carbonyl (C=O) groups is 2. The maximum atomic E-state index is 13.7. The summed E-state index contributed by atoms with van der Waals surface area (Å²) in [5.74, 6) is -0.850. The first kappa shape index (κ1) is 19.8. The number of hydrogen-bond donors (Lipinski definition) is 0.